The lowest BCUT2D eigenvalue weighted by Gasteiger charge is -2.09. The van der Waals surface area contributed by atoms with Crippen LogP contribution in [-0.2, 0) is 20.0 Å². The third-order valence-corrected chi connectivity index (χ3v) is 6.21. The van der Waals surface area contributed by atoms with Gasteiger partial charge in [-0.3, -0.25) is 4.72 Å². The zero-order valence-electron chi connectivity index (χ0n) is 10.3. The van der Waals surface area contributed by atoms with E-state index in [1.54, 1.807) is 0 Å². The van der Waals surface area contributed by atoms with Crippen LogP contribution in [0, 0.1) is 11.3 Å². The molecule has 2 aromatic rings. The van der Waals surface area contributed by atoms with Gasteiger partial charge in [0.15, 0.2) is 0 Å². The van der Waals surface area contributed by atoms with Crippen molar-refractivity contribution in [2.45, 2.75) is 9.10 Å². The van der Waals surface area contributed by atoms with Gasteiger partial charge in [-0.15, -0.1) is 11.3 Å². The highest BCUT2D eigenvalue weighted by Gasteiger charge is 2.21. The van der Waals surface area contributed by atoms with Crippen molar-refractivity contribution >= 4 is 37.1 Å². The van der Waals surface area contributed by atoms with Gasteiger partial charge in [0.1, 0.15) is 20.1 Å². The minimum atomic E-state index is -4.06. The number of hydrogen-bond acceptors (Lipinski definition) is 6. The number of nitriles is 1. The van der Waals surface area contributed by atoms with E-state index in [1.165, 1.54) is 36.4 Å². The predicted octanol–water partition coefficient (Wildman–Crippen LogP) is 1.07. The van der Waals surface area contributed by atoms with E-state index in [9.17, 15) is 16.8 Å². The predicted molar refractivity (Wildman–Crippen MR) is 77.7 cm³/mol. The first-order chi connectivity index (χ1) is 9.74. The summed E-state index contributed by atoms with van der Waals surface area (Å²) in [6, 6.07) is 9.85. The van der Waals surface area contributed by atoms with Crippen LogP contribution in [0.5, 0.6) is 0 Å². The van der Waals surface area contributed by atoms with Crippen molar-refractivity contribution < 1.29 is 16.8 Å². The number of hydrogen-bond donors (Lipinski definition) is 2. The van der Waals surface area contributed by atoms with Crippen LogP contribution in [0.4, 0.5) is 5.69 Å². The highest BCUT2D eigenvalue weighted by atomic mass is 32.2. The van der Waals surface area contributed by atoms with Crippen molar-refractivity contribution in [2.75, 3.05) is 4.72 Å². The molecule has 0 aliphatic heterocycles. The van der Waals surface area contributed by atoms with E-state index in [2.05, 4.69) is 4.72 Å². The molecule has 3 N–H and O–H groups in total. The van der Waals surface area contributed by atoms with Crippen LogP contribution in [0.15, 0.2) is 45.5 Å². The number of nitrogens with zero attached hydrogens (tertiary/aromatic N) is 1. The van der Waals surface area contributed by atoms with Gasteiger partial charge >= 0.3 is 0 Å². The second kappa shape index (κ2) is 5.45. The summed E-state index contributed by atoms with van der Waals surface area (Å²) in [6.45, 7) is 0. The van der Waals surface area contributed by atoms with E-state index in [4.69, 9.17) is 10.4 Å². The fourth-order valence-corrected chi connectivity index (χ4v) is 4.46. The summed E-state index contributed by atoms with van der Waals surface area (Å²) in [5.41, 5.74) is -0.146. The van der Waals surface area contributed by atoms with Crippen molar-refractivity contribution in [2.24, 2.45) is 5.14 Å². The molecule has 21 heavy (non-hydrogen) atoms. The summed E-state index contributed by atoms with van der Waals surface area (Å²) in [5, 5.41) is 13.7. The largest absolute Gasteiger partial charge is 0.278 e. The third-order valence-electron chi connectivity index (χ3n) is 2.39. The number of nitrogens with two attached hydrogens (primary N) is 1. The minimum absolute atomic E-state index is 0.0942. The molecule has 0 fully saturated rings. The van der Waals surface area contributed by atoms with Crippen molar-refractivity contribution in [3.8, 4) is 6.07 Å². The molecule has 1 heterocycles. The van der Waals surface area contributed by atoms with Gasteiger partial charge in [0.05, 0.1) is 5.69 Å². The van der Waals surface area contributed by atoms with E-state index in [-0.39, 0.29) is 19.7 Å². The quantitative estimate of drug-likeness (QED) is 0.857. The second-order valence-corrected chi connectivity index (χ2v) is 8.40. The topological polar surface area (TPSA) is 130 Å². The van der Waals surface area contributed by atoms with Gasteiger partial charge in [-0.1, -0.05) is 12.1 Å². The van der Waals surface area contributed by atoms with E-state index in [0.717, 1.165) is 11.3 Å². The first kappa shape index (κ1) is 15.5. The monoisotopic (exact) mass is 343 g/mol. The number of sulfonamides is 2. The van der Waals surface area contributed by atoms with Crippen LogP contribution in [0.2, 0.25) is 0 Å². The maximum absolute atomic E-state index is 12.2. The lowest BCUT2D eigenvalue weighted by molar-refractivity contribution is 0.598. The van der Waals surface area contributed by atoms with E-state index >= 15 is 0 Å². The number of thiophene rings is 1. The lowest BCUT2D eigenvalue weighted by atomic mass is 10.3. The highest BCUT2D eigenvalue weighted by molar-refractivity contribution is 7.95. The van der Waals surface area contributed by atoms with Gasteiger partial charge in [0.25, 0.3) is 10.0 Å². The average Bonchev–Trinajstić information content (AvgIpc) is 2.87. The average molecular weight is 343 g/mol. The van der Waals surface area contributed by atoms with Gasteiger partial charge < -0.3 is 0 Å². The molecule has 0 spiro atoms. The van der Waals surface area contributed by atoms with Gasteiger partial charge in [-0.25, -0.2) is 22.0 Å². The molecule has 110 valence electrons. The molecule has 0 unspecified atom stereocenters. The summed E-state index contributed by atoms with van der Waals surface area (Å²) in [6.07, 6.45) is 0. The molecule has 0 amide bonds. The minimum Gasteiger partial charge on any atom is -0.278 e. The summed E-state index contributed by atoms with van der Waals surface area (Å²) >= 11 is 0.780. The Morgan fingerprint density at radius 1 is 1.10 bits per heavy atom. The summed E-state index contributed by atoms with van der Waals surface area (Å²) in [4.78, 5) is -0.0965. The number of nitrogens with one attached hydrogen (secondary N) is 1. The Kier molecular flexibility index (Phi) is 4.02. The van der Waals surface area contributed by atoms with Crippen molar-refractivity contribution in [3.05, 3.63) is 41.3 Å². The van der Waals surface area contributed by atoms with E-state index in [0.29, 0.717) is 0 Å². The SMILES string of the molecule is N#Cc1ccc(S(=O)(=O)Nc2ccccc2S(N)(=O)=O)s1. The Morgan fingerprint density at radius 2 is 1.76 bits per heavy atom. The Hall–Kier alpha value is -1.93. The standard InChI is InChI=1S/C11H9N3O4S3/c12-7-8-5-6-11(19-8)21(17,18)14-9-3-1-2-4-10(9)20(13,15)16/h1-6,14H,(H2,13,15,16). The number of para-hydroxylation sites is 1. The molecule has 0 aliphatic rings. The van der Waals surface area contributed by atoms with Crippen LogP contribution in [0.3, 0.4) is 0 Å². The number of primary sulfonamides is 1. The summed E-state index contributed by atoms with van der Waals surface area (Å²) < 4.78 is 49.3. The van der Waals surface area contributed by atoms with Crippen LogP contribution < -0.4 is 9.86 Å². The Bertz CT molecular complexity index is 924. The first-order valence-electron chi connectivity index (χ1n) is 5.38. The maximum Gasteiger partial charge on any atom is 0.271 e. The fourth-order valence-electron chi connectivity index (χ4n) is 1.52. The van der Waals surface area contributed by atoms with Crippen LogP contribution in [0.1, 0.15) is 4.88 Å². The summed E-state index contributed by atoms with van der Waals surface area (Å²) in [7, 11) is -8.05. The van der Waals surface area contributed by atoms with Crippen LogP contribution in [0.25, 0.3) is 0 Å². The molecule has 0 saturated carbocycles. The van der Waals surface area contributed by atoms with Crippen molar-refractivity contribution in [1.29, 1.82) is 5.26 Å². The van der Waals surface area contributed by atoms with Gasteiger partial charge in [0, 0.05) is 0 Å². The molecular formula is C11H9N3O4S3. The molecule has 0 aliphatic carbocycles. The third kappa shape index (κ3) is 3.40. The highest BCUT2D eigenvalue weighted by Crippen LogP contribution is 2.26. The molecule has 7 nitrogen and oxygen atoms in total. The van der Waals surface area contributed by atoms with E-state index in [1.807, 2.05) is 6.07 Å². The smallest absolute Gasteiger partial charge is 0.271 e. The Labute approximate surface area is 125 Å². The molecule has 0 bridgehead atoms. The van der Waals surface area contributed by atoms with E-state index < -0.39 is 20.0 Å². The number of rotatable bonds is 4. The molecule has 0 radical (unpaired) electrons. The number of anilines is 1. The fraction of sp³-hybridized carbons (Fsp3) is 0. The van der Waals surface area contributed by atoms with Crippen molar-refractivity contribution in [3.63, 3.8) is 0 Å². The number of benzene rings is 1. The van der Waals surface area contributed by atoms with Gasteiger partial charge in [0.2, 0.25) is 10.0 Å². The molecule has 1 aromatic carbocycles. The molecule has 0 saturated heterocycles. The Morgan fingerprint density at radius 3 is 2.33 bits per heavy atom. The normalized spacial score (nSPS) is 11.8. The lowest BCUT2D eigenvalue weighted by Crippen LogP contribution is -2.18. The van der Waals surface area contributed by atoms with Crippen LogP contribution in [-0.4, -0.2) is 16.8 Å². The molecule has 0 atom stereocenters. The van der Waals surface area contributed by atoms with Crippen molar-refractivity contribution in [1.82, 2.24) is 0 Å². The first-order valence-corrected chi connectivity index (χ1v) is 9.23. The molecule has 1 aromatic heterocycles. The zero-order chi connectivity index (χ0) is 15.7. The maximum atomic E-state index is 12.2. The van der Waals surface area contributed by atoms with Gasteiger partial charge in [-0.05, 0) is 24.3 Å². The Balaban J connectivity index is 2.45. The van der Waals surface area contributed by atoms with Gasteiger partial charge in [-0.2, -0.15) is 5.26 Å². The summed E-state index contributed by atoms with van der Waals surface area (Å²) in [5.74, 6) is 0. The molecule has 10 heteroatoms. The van der Waals surface area contributed by atoms with Crippen LogP contribution >= 0.6 is 11.3 Å². The molecular weight excluding hydrogens is 334 g/mol. The zero-order valence-corrected chi connectivity index (χ0v) is 12.8. The second-order valence-electron chi connectivity index (χ2n) is 3.88. The molecule has 2 rings (SSSR count).